The van der Waals surface area contributed by atoms with Crippen molar-refractivity contribution in [2.24, 2.45) is 0 Å². The minimum Gasteiger partial charge on any atom is -0.493 e. The molecule has 0 radical (unpaired) electrons. The van der Waals surface area contributed by atoms with E-state index in [4.69, 9.17) is 14.6 Å². The van der Waals surface area contributed by atoms with Gasteiger partial charge in [0.05, 0.1) is 7.11 Å². The van der Waals surface area contributed by atoms with E-state index in [1.54, 1.807) is 18.2 Å². The molecule has 1 N–H and O–H groups in total. The minimum atomic E-state index is -1.51. The van der Waals surface area contributed by atoms with Gasteiger partial charge < -0.3 is 14.6 Å². The topological polar surface area (TPSA) is 72.8 Å². The number of carboxylic acids is 1. The summed E-state index contributed by atoms with van der Waals surface area (Å²) in [5.74, 6) is -0.735. The third-order valence-corrected chi connectivity index (χ3v) is 1.69. The number of benzene rings is 1. The Kier molecular flexibility index (Phi) is 3.68. The van der Waals surface area contributed by atoms with Crippen LogP contribution in [0.4, 0.5) is 0 Å². The number of methoxy groups -OCH3 is 1. The molecule has 0 spiro atoms. The molecular formula is C10H10O5. The van der Waals surface area contributed by atoms with E-state index in [1.807, 2.05) is 0 Å². The molecule has 0 bridgehead atoms. The fraction of sp³-hybridized carbons (Fsp3) is 0.200. The van der Waals surface area contributed by atoms with Crippen LogP contribution < -0.4 is 9.47 Å². The average molecular weight is 210 g/mol. The molecule has 0 fully saturated rings. The Labute approximate surface area is 86.2 Å². The maximum Gasteiger partial charge on any atom is 0.352 e. The van der Waals surface area contributed by atoms with Crippen molar-refractivity contribution in [1.29, 1.82) is 0 Å². The summed E-state index contributed by atoms with van der Waals surface area (Å²) in [6.07, 6.45) is -1.30. The Hall–Kier alpha value is -2.04. The van der Waals surface area contributed by atoms with Crippen LogP contribution in [0, 0.1) is 0 Å². The lowest BCUT2D eigenvalue weighted by Crippen LogP contribution is -2.28. The highest BCUT2D eigenvalue weighted by Crippen LogP contribution is 2.26. The normalized spacial score (nSPS) is 11.5. The Morgan fingerprint density at radius 3 is 2.47 bits per heavy atom. The van der Waals surface area contributed by atoms with Crippen LogP contribution in [-0.2, 0) is 9.59 Å². The van der Waals surface area contributed by atoms with Crippen molar-refractivity contribution in [3.63, 3.8) is 0 Å². The second-order valence-corrected chi connectivity index (χ2v) is 2.66. The van der Waals surface area contributed by atoms with Crippen LogP contribution >= 0.6 is 0 Å². The van der Waals surface area contributed by atoms with Gasteiger partial charge in [0.1, 0.15) is 0 Å². The van der Waals surface area contributed by atoms with Crippen LogP contribution in [-0.4, -0.2) is 30.6 Å². The van der Waals surface area contributed by atoms with E-state index in [1.165, 1.54) is 13.2 Å². The molecular weight excluding hydrogens is 200 g/mol. The number of hydrogen-bond acceptors (Lipinski definition) is 4. The summed E-state index contributed by atoms with van der Waals surface area (Å²) in [6.45, 7) is 0. The first kappa shape index (κ1) is 11.0. The van der Waals surface area contributed by atoms with Gasteiger partial charge in [0.15, 0.2) is 17.8 Å². The molecule has 0 aliphatic carbocycles. The number of carbonyl (C=O) groups is 2. The predicted molar refractivity (Wildman–Crippen MR) is 51.1 cm³/mol. The Balaban J connectivity index is 2.87. The molecule has 1 rings (SSSR count). The van der Waals surface area contributed by atoms with Gasteiger partial charge in [-0.25, -0.2) is 4.79 Å². The number of carboxylic acid groups (broad SMARTS) is 1. The lowest BCUT2D eigenvalue weighted by Gasteiger charge is -2.12. The molecule has 15 heavy (non-hydrogen) atoms. The SMILES string of the molecule is COc1ccccc1OC(C=O)C(=O)O. The maximum atomic E-state index is 10.5. The fourth-order valence-electron chi connectivity index (χ4n) is 0.989. The van der Waals surface area contributed by atoms with E-state index in [2.05, 4.69) is 0 Å². The average Bonchev–Trinajstić information content (AvgIpc) is 2.25. The van der Waals surface area contributed by atoms with Crippen molar-refractivity contribution < 1.29 is 24.2 Å². The van der Waals surface area contributed by atoms with Crippen molar-refractivity contribution in [2.75, 3.05) is 7.11 Å². The second kappa shape index (κ2) is 4.99. The molecule has 0 amide bonds. The Morgan fingerprint density at radius 1 is 1.40 bits per heavy atom. The summed E-state index contributed by atoms with van der Waals surface area (Å²) in [5.41, 5.74) is 0. The van der Waals surface area contributed by atoms with Crippen LogP contribution in [0.5, 0.6) is 11.5 Å². The lowest BCUT2D eigenvalue weighted by molar-refractivity contribution is -0.147. The summed E-state index contributed by atoms with van der Waals surface area (Å²) in [5, 5.41) is 8.60. The number of aliphatic carboxylic acids is 1. The predicted octanol–water partition coefficient (Wildman–Crippen LogP) is 0.726. The standard InChI is InChI=1S/C10H10O5/c1-14-7-4-2-3-5-8(7)15-9(6-11)10(12)13/h2-6,9H,1H3,(H,12,13). The molecule has 0 aromatic heterocycles. The molecule has 1 atom stereocenters. The van der Waals surface area contributed by atoms with E-state index in [9.17, 15) is 9.59 Å². The Bertz CT molecular complexity index is 361. The van der Waals surface area contributed by atoms with Gasteiger partial charge >= 0.3 is 5.97 Å². The molecule has 0 aliphatic rings. The summed E-state index contributed by atoms with van der Waals surface area (Å²) in [6, 6.07) is 6.50. The number of para-hydroxylation sites is 2. The first-order valence-corrected chi connectivity index (χ1v) is 4.16. The summed E-state index contributed by atoms with van der Waals surface area (Å²) in [4.78, 5) is 20.9. The van der Waals surface area contributed by atoms with Gasteiger partial charge in [0.2, 0.25) is 6.10 Å². The van der Waals surface area contributed by atoms with Crippen molar-refractivity contribution in [1.82, 2.24) is 0 Å². The van der Waals surface area contributed by atoms with Crippen molar-refractivity contribution in [3.8, 4) is 11.5 Å². The van der Waals surface area contributed by atoms with Gasteiger partial charge in [0.25, 0.3) is 0 Å². The summed E-state index contributed by atoms with van der Waals surface area (Å²) in [7, 11) is 1.43. The van der Waals surface area contributed by atoms with Crippen LogP contribution in [0.15, 0.2) is 24.3 Å². The van der Waals surface area contributed by atoms with E-state index in [-0.39, 0.29) is 12.0 Å². The van der Waals surface area contributed by atoms with Crippen LogP contribution in [0.1, 0.15) is 0 Å². The van der Waals surface area contributed by atoms with Crippen LogP contribution in [0.3, 0.4) is 0 Å². The number of ether oxygens (including phenoxy) is 2. The van der Waals surface area contributed by atoms with Crippen LogP contribution in [0.2, 0.25) is 0 Å². The van der Waals surface area contributed by atoms with Gasteiger partial charge in [-0.3, -0.25) is 4.79 Å². The monoisotopic (exact) mass is 210 g/mol. The molecule has 5 nitrogen and oxygen atoms in total. The van der Waals surface area contributed by atoms with Gasteiger partial charge in [-0.2, -0.15) is 0 Å². The third kappa shape index (κ3) is 2.70. The number of rotatable bonds is 5. The molecule has 1 aromatic carbocycles. The molecule has 1 unspecified atom stereocenters. The number of aldehydes is 1. The maximum absolute atomic E-state index is 10.5. The zero-order chi connectivity index (χ0) is 11.3. The first-order chi connectivity index (χ1) is 7.19. The van der Waals surface area contributed by atoms with E-state index in [0.29, 0.717) is 5.75 Å². The van der Waals surface area contributed by atoms with Gasteiger partial charge in [-0.15, -0.1) is 0 Å². The largest absolute Gasteiger partial charge is 0.493 e. The van der Waals surface area contributed by atoms with E-state index >= 15 is 0 Å². The van der Waals surface area contributed by atoms with Crippen molar-refractivity contribution >= 4 is 12.3 Å². The molecule has 0 aliphatic heterocycles. The van der Waals surface area contributed by atoms with Gasteiger partial charge in [0, 0.05) is 0 Å². The summed E-state index contributed by atoms with van der Waals surface area (Å²) >= 11 is 0. The smallest absolute Gasteiger partial charge is 0.352 e. The van der Waals surface area contributed by atoms with Crippen molar-refractivity contribution in [3.05, 3.63) is 24.3 Å². The fourth-order valence-corrected chi connectivity index (χ4v) is 0.989. The molecule has 0 saturated heterocycles. The third-order valence-electron chi connectivity index (χ3n) is 1.69. The highest BCUT2D eigenvalue weighted by molar-refractivity contribution is 5.89. The van der Waals surface area contributed by atoms with Crippen molar-refractivity contribution in [2.45, 2.75) is 6.10 Å². The highest BCUT2D eigenvalue weighted by atomic mass is 16.5. The summed E-state index contributed by atoms with van der Waals surface area (Å²) < 4.78 is 9.89. The molecule has 0 saturated carbocycles. The van der Waals surface area contributed by atoms with Gasteiger partial charge in [-0.1, -0.05) is 12.1 Å². The van der Waals surface area contributed by atoms with Gasteiger partial charge in [-0.05, 0) is 12.1 Å². The zero-order valence-electron chi connectivity index (χ0n) is 8.04. The molecule has 1 aromatic rings. The second-order valence-electron chi connectivity index (χ2n) is 2.66. The first-order valence-electron chi connectivity index (χ1n) is 4.16. The molecule has 5 heteroatoms. The molecule has 0 heterocycles. The van der Waals surface area contributed by atoms with E-state index in [0.717, 1.165) is 0 Å². The lowest BCUT2D eigenvalue weighted by atomic mass is 10.3. The Morgan fingerprint density at radius 2 is 2.00 bits per heavy atom. The zero-order valence-corrected chi connectivity index (χ0v) is 8.04. The van der Waals surface area contributed by atoms with E-state index < -0.39 is 12.1 Å². The number of carbonyl (C=O) groups excluding carboxylic acids is 1. The quantitative estimate of drug-likeness (QED) is 0.572. The highest BCUT2D eigenvalue weighted by Gasteiger charge is 2.19. The van der Waals surface area contributed by atoms with Crippen LogP contribution in [0.25, 0.3) is 0 Å². The molecule has 80 valence electrons. The minimum absolute atomic E-state index is 0.217. The number of hydrogen-bond donors (Lipinski definition) is 1.